The van der Waals surface area contributed by atoms with E-state index in [0.29, 0.717) is 26.4 Å². The monoisotopic (exact) mass is 782 g/mol. The molecule has 0 spiro atoms. The number of aliphatic hydroxyl groups excluding tert-OH is 4. The van der Waals surface area contributed by atoms with Crippen molar-refractivity contribution in [3.05, 3.63) is 0 Å². The number of quaternary nitrogens is 1. The van der Waals surface area contributed by atoms with Crippen LogP contribution in [0.25, 0.3) is 0 Å². The number of rotatable bonds is 18. The molecule has 2 rings (SSSR count). The minimum atomic E-state index is -0.382. The summed E-state index contributed by atoms with van der Waals surface area (Å²) in [7, 11) is 13.4. The van der Waals surface area contributed by atoms with E-state index in [2.05, 4.69) is 45.2 Å². The highest BCUT2D eigenvalue weighted by Crippen LogP contribution is 2.12. The van der Waals surface area contributed by atoms with Gasteiger partial charge in [-0.2, -0.15) is 0 Å². The van der Waals surface area contributed by atoms with Gasteiger partial charge in [0.15, 0.2) is 0 Å². The average molecular weight is 782 g/mol. The highest BCUT2D eigenvalue weighted by Gasteiger charge is 2.26. The molecule has 0 radical (unpaired) electrons. The molecule has 0 aromatic carbocycles. The summed E-state index contributed by atoms with van der Waals surface area (Å²) in [5, 5.41) is 37.4. The molecule has 0 aromatic heterocycles. The van der Waals surface area contributed by atoms with Crippen molar-refractivity contribution in [3.8, 4) is 0 Å². The fraction of sp³-hybridized carbons (Fsp3) is 1.00. The van der Waals surface area contributed by atoms with E-state index in [4.69, 9.17) is 59.3 Å². The van der Waals surface area contributed by atoms with Crippen LogP contribution in [0.3, 0.4) is 0 Å². The number of hydrogen-bond donors (Lipinski definition) is 6. The summed E-state index contributed by atoms with van der Waals surface area (Å²) in [5.41, 5.74) is 5.50. The maximum Gasteiger partial charge on any atom is 0.129 e. The third-order valence-corrected chi connectivity index (χ3v) is 6.57. The molecule has 2 saturated heterocycles. The largest absolute Gasteiger partial charge is 0.870 e. The van der Waals surface area contributed by atoms with Crippen LogP contribution >= 0.6 is 0 Å². The fourth-order valence-corrected chi connectivity index (χ4v) is 3.48. The molecule has 2 heterocycles. The van der Waals surface area contributed by atoms with E-state index in [0.717, 1.165) is 56.5 Å². The number of nitrogens with two attached hydrogens (primary N) is 1. The molecule has 0 saturated carbocycles. The first-order valence-electron chi connectivity index (χ1n) is 18.7. The third kappa shape index (κ3) is 53.5. The van der Waals surface area contributed by atoms with Gasteiger partial charge in [-0.3, -0.25) is 0 Å². The van der Waals surface area contributed by atoms with Gasteiger partial charge >= 0.3 is 0 Å². The summed E-state index contributed by atoms with van der Waals surface area (Å²) < 4.78 is 41.9. The number of nitrogens with zero attached hydrogens (tertiary/aromatic N) is 1. The average Bonchev–Trinajstić information content (AvgIpc) is 3.63. The molecule has 2 fully saturated rings. The van der Waals surface area contributed by atoms with Crippen LogP contribution in [-0.2, 0) is 37.9 Å². The van der Waals surface area contributed by atoms with Crippen molar-refractivity contribution < 1.29 is 68.3 Å². The number of aliphatic hydroxyl groups is 4. The SMILES string of the molecule is CCCC1(N)CNCCO1.COC(C)COC(C)CO.COC(C)COC(C)COC(C)CO.COCC(C)O.C[N+](C)(C)C.OCC1CCCO1.[OH-]. The fourth-order valence-electron chi connectivity index (χ4n) is 3.48. The van der Waals surface area contributed by atoms with Gasteiger partial charge in [-0.15, -0.1) is 0 Å². The van der Waals surface area contributed by atoms with Crippen LogP contribution in [0.5, 0.6) is 0 Å². The van der Waals surface area contributed by atoms with Crippen LogP contribution in [0, 0.1) is 0 Å². The van der Waals surface area contributed by atoms with Gasteiger partial charge in [0.05, 0.1) is 124 Å². The highest BCUT2D eigenvalue weighted by molar-refractivity contribution is 4.79. The Bertz CT molecular complexity index is 662. The zero-order valence-corrected chi connectivity index (χ0v) is 36.2. The molecule has 8 N–H and O–H groups in total. The molecule has 0 bridgehead atoms. The van der Waals surface area contributed by atoms with Gasteiger partial charge in [0, 0.05) is 41.0 Å². The van der Waals surface area contributed by atoms with Gasteiger partial charge in [0.25, 0.3) is 0 Å². The molecule has 0 aliphatic carbocycles. The van der Waals surface area contributed by atoms with Crippen molar-refractivity contribution in [3.63, 3.8) is 0 Å². The molecule has 8 atom stereocenters. The number of hydrogen-bond acceptors (Lipinski definition) is 15. The lowest BCUT2D eigenvalue weighted by Gasteiger charge is -2.33. The number of ether oxygens (including phenoxy) is 8. The first kappa shape index (κ1) is 61.6. The Morgan fingerprint density at radius 2 is 1.23 bits per heavy atom. The van der Waals surface area contributed by atoms with Crippen molar-refractivity contribution in [1.29, 1.82) is 0 Å². The Balaban J connectivity index is -0.000000179. The van der Waals surface area contributed by atoms with Gasteiger partial charge in [0.2, 0.25) is 0 Å². The zero-order chi connectivity index (χ0) is 41.0. The standard InChI is InChI=1S/C10H22O4.C7H16N2O.C7H16O3.C5H10O2.C4H12N.C4H10O2.H2O/c1-8(5-11)13-7-10(3)14-6-9(2)12-4;1-2-3-7(8)6-9-4-5-10-7;1-6(4-8)10-5-7(2)9-3;6-4-5-2-1-3-7-5;1-5(2,3)4;1-4(5)3-6-2;/h8-11H,5-7H2,1-4H3;9H,2-6,8H2,1H3;6-8H,4-5H2,1-3H3;5-6H,1-4H2;1-4H3;4-5H,3H2,1-2H3;1H2/q;;;;+1;;/p-1. The van der Waals surface area contributed by atoms with Crippen LogP contribution in [0.4, 0.5) is 0 Å². The van der Waals surface area contributed by atoms with Crippen molar-refractivity contribution >= 4 is 0 Å². The second-order valence-corrected chi connectivity index (χ2v) is 14.5. The summed E-state index contributed by atoms with van der Waals surface area (Å²) in [6, 6.07) is 0. The summed E-state index contributed by atoms with van der Waals surface area (Å²) in [5.74, 6) is 0. The first-order valence-corrected chi connectivity index (χ1v) is 18.7. The zero-order valence-electron chi connectivity index (χ0n) is 36.2. The summed E-state index contributed by atoms with van der Waals surface area (Å²) in [6.45, 7) is 18.9. The molecule has 0 aromatic rings. The van der Waals surface area contributed by atoms with Crippen molar-refractivity contribution in [2.45, 2.75) is 123 Å². The topological polar surface area (TPSA) is 223 Å². The Morgan fingerprint density at radius 1 is 0.774 bits per heavy atom. The van der Waals surface area contributed by atoms with E-state index in [1.807, 2.05) is 34.6 Å². The lowest BCUT2D eigenvalue weighted by molar-refractivity contribution is -0.849. The molecule has 16 nitrogen and oxygen atoms in total. The van der Waals surface area contributed by atoms with Crippen LogP contribution in [0.15, 0.2) is 0 Å². The molecule has 328 valence electrons. The van der Waals surface area contributed by atoms with E-state index in [9.17, 15) is 0 Å². The van der Waals surface area contributed by atoms with E-state index in [1.165, 1.54) is 0 Å². The summed E-state index contributed by atoms with van der Waals surface area (Å²) in [4.78, 5) is 0. The molecule has 53 heavy (non-hydrogen) atoms. The van der Waals surface area contributed by atoms with E-state index >= 15 is 0 Å². The Kier molecular flexibility index (Phi) is 47.6. The van der Waals surface area contributed by atoms with Crippen molar-refractivity contribution in [1.82, 2.24) is 5.32 Å². The van der Waals surface area contributed by atoms with Gasteiger partial charge in [-0.1, -0.05) is 13.3 Å². The molecular weight excluding hydrogens is 694 g/mol. The highest BCUT2D eigenvalue weighted by atomic mass is 16.6. The van der Waals surface area contributed by atoms with Gasteiger partial charge in [-0.25, -0.2) is 0 Å². The third-order valence-electron chi connectivity index (χ3n) is 6.57. The predicted molar refractivity (Wildman–Crippen MR) is 210 cm³/mol. The second-order valence-electron chi connectivity index (χ2n) is 14.5. The minimum absolute atomic E-state index is 0. The van der Waals surface area contributed by atoms with Crippen molar-refractivity contribution in [2.75, 3.05) is 122 Å². The Hall–Kier alpha value is -0.640. The van der Waals surface area contributed by atoms with E-state index in [1.54, 1.807) is 28.3 Å². The number of methoxy groups -OCH3 is 3. The van der Waals surface area contributed by atoms with Crippen LogP contribution in [-0.4, -0.2) is 201 Å². The molecule has 8 unspecified atom stereocenters. The van der Waals surface area contributed by atoms with Crippen LogP contribution < -0.4 is 11.1 Å². The van der Waals surface area contributed by atoms with E-state index < -0.39 is 0 Å². The predicted octanol–water partition coefficient (Wildman–Crippen LogP) is 1.62. The van der Waals surface area contributed by atoms with Crippen LogP contribution in [0.1, 0.15) is 74.1 Å². The number of nitrogens with one attached hydrogen (secondary N) is 1. The minimum Gasteiger partial charge on any atom is -0.870 e. The molecule has 0 amide bonds. The van der Waals surface area contributed by atoms with Gasteiger partial charge < -0.3 is 79.3 Å². The maximum atomic E-state index is 8.72. The molecule has 2 aliphatic heterocycles. The second kappa shape index (κ2) is 41.0. The van der Waals surface area contributed by atoms with Crippen molar-refractivity contribution in [2.24, 2.45) is 5.73 Å². The first-order chi connectivity index (χ1) is 24.3. The summed E-state index contributed by atoms with van der Waals surface area (Å²) in [6.07, 6.45) is 4.04. The lowest BCUT2D eigenvalue weighted by atomic mass is 10.1. The Labute approximate surface area is 323 Å². The van der Waals surface area contributed by atoms with Gasteiger partial charge in [0.1, 0.15) is 5.72 Å². The normalized spacial score (nSPS) is 21.2. The number of morpholine rings is 1. The van der Waals surface area contributed by atoms with Crippen LogP contribution in [0.2, 0.25) is 0 Å². The lowest BCUT2D eigenvalue weighted by Crippen LogP contribution is -2.56. The molecule has 2 aliphatic rings. The summed E-state index contributed by atoms with van der Waals surface area (Å²) >= 11 is 0. The smallest absolute Gasteiger partial charge is 0.129 e. The van der Waals surface area contributed by atoms with E-state index in [-0.39, 0.29) is 73.7 Å². The molecule has 16 heteroatoms. The Morgan fingerprint density at radius 3 is 1.49 bits per heavy atom. The van der Waals surface area contributed by atoms with Gasteiger partial charge in [-0.05, 0) is 60.8 Å². The maximum absolute atomic E-state index is 8.72. The molecular formula is C37H87N3O13. The quantitative estimate of drug-likeness (QED) is 0.109.